The zero-order valence-corrected chi connectivity index (χ0v) is 9.31. The van der Waals surface area contributed by atoms with Crippen LogP contribution in [0.2, 0.25) is 0 Å². The predicted molar refractivity (Wildman–Crippen MR) is 56.0 cm³/mol. The summed E-state index contributed by atoms with van der Waals surface area (Å²) in [6, 6.07) is 6.09. The molecule has 1 aromatic rings. The normalized spacial score (nSPS) is 25.8. The molecule has 0 amide bonds. The van der Waals surface area contributed by atoms with E-state index in [0.29, 0.717) is 0 Å². The third-order valence-corrected chi connectivity index (χ3v) is 2.96. The van der Waals surface area contributed by atoms with E-state index in [0.717, 1.165) is 16.8 Å². The molecule has 1 saturated heterocycles. The largest absolute Gasteiger partial charge is 0.496 e. The average Bonchev–Trinajstić information content (AvgIpc) is 2.85. The van der Waals surface area contributed by atoms with E-state index in [1.807, 2.05) is 12.1 Å². The average molecular weight is 242 g/mol. The summed E-state index contributed by atoms with van der Waals surface area (Å²) < 4.78 is 6.40. The van der Waals surface area contributed by atoms with Gasteiger partial charge in [0.2, 0.25) is 0 Å². The molecule has 1 heterocycles. The number of methoxy groups -OCH3 is 1. The van der Waals surface area contributed by atoms with Gasteiger partial charge in [0.15, 0.2) is 0 Å². The molecule has 1 aliphatic rings. The van der Waals surface area contributed by atoms with Crippen LogP contribution in [-0.4, -0.2) is 13.7 Å². The third-order valence-electron chi connectivity index (χ3n) is 2.46. The van der Waals surface area contributed by atoms with Crippen molar-refractivity contribution < 1.29 is 4.74 Å². The lowest BCUT2D eigenvalue weighted by molar-refractivity contribution is 0.405. The molecule has 1 fully saturated rings. The second-order valence-electron chi connectivity index (χ2n) is 3.53. The first kappa shape index (κ1) is 9.03. The monoisotopic (exact) mass is 241 g/mol. The number of nitrogens with one attached hydrogen (secondary N) is 1. The molecule has 3 heteroatoms. The molecule has 1 aromatic carbocycles. The maximum absolute atomic E-state index is 5.31. The summed E-state index contributed by atoms with van der Waals surface area (Å²) in [5, 5.41) is 3.33. The predicted octanol–water partition coefficient (Wildman–Crippen LogP) is 2.28. The van der Waals surface area contributed by atoms with E-state index in [-0.39, 0.29) is 5.54 Å². The van der Waals surface area contributed by atoms with Crippen molar-refractivity contribution in [3.63, 3.8) is 0 Å². The highest BCUT2D eigenvalue weighted by molar-refractivity contribution is 9.10. The van der Waals surface area contributed by atoms with E-state index >= 15 is 0 Å². The van der Waals surface area contributed by atoms with E-state index < -0.39 is 0 Å². The fraction of sp³-hybridized carbons (Fsp3) is 0.400. The minimum absolute atomic E-state index is 0.120. The van der Waals surface area contributed by atoms with Gasteiger partial charge in [-0.3, -0.25) is 0 Å². The maximum atomic E-state index is 5.31. The smallest absolute Gasteiger partial charge is 0.124 e. The standard InChI is InChI=1S/C10H12BrNO/c1-10(6-12-10)8-5-7(11)3-4-9(8)13-2/h3-5,12H,6H2,1-2H3. The van der Waals surface area contributed by atoms with E-state index in [4.69, 9.17) is 4.74 Å². The van der Waals surface area contributed by atoms with Crippen LogP contribution in [0.25, 0.3) is 0 Å². The van der Waals surface area contributed by atoms with Crippen molar-refractivity contribution in [3.8, 4) is 5.75 Å². The maximum Gasteiger partial charge on any atom is 0.124 e. The number of hydrogen-bond donors (Lipinski definition) is 1. The van der Waals surface area contributed by atoms with E-state index in [1.54, 1.807) is 7.11 Å². The Labute approximate surface area is 86.4 Å². The third kappa shape index (κ3) is 1.58. The molecular weight excluding hydrogens is 230 g/mol. The summed E-state index contributed by atoms with van der Waals surface area (Å²) in [6.07, 6.45) is 0. The fourth-order valence-electron chi connectivity index (χ4n) is 1.43. The fourth-order valence-corrected chi connectivity index (χ4v) is 1.80. The van der Waals surface area contributed by atoms with Crippen LogP contribution in [0, 0.1) is 0 Å². The first-order valence-electron chi connectivity index (χ1n) is 4.25. The van der Waals surface area contributed by atoms with Gasteiger partial charge in [-0.2, -0.15) is 0 Å². The first-order chi connectivity index (χ1) is 6.15. The Hall–Kier alpha value is -0.540. The molecular formula is C10H12BrNO. The van der Waals surface area contributed by atoms with Crippen molar-refractivity contribution in [3.05, 3.63) is 28.2 Å². The van der Waals surface area contributed by atoms with Crippen molar-refractivity contribution in [2.45, 2.75) is 12.5 Å². The lowest BCUT2D eigenvalue weighted by Gasteiger charge is -2.13. The number of hydrogen-bond acceptors (Lipinski definition) is 2. The molecule has 1 atom stereocenters. The molecule has 2 rings (SSSR count). The Morgan fingerprint density at radius 1 is 1.54 bits per heavy atom. The zero-order valence-electron chi connectivity index (χ0n) is 7.73. The van der Waals surface area contributed by atoms with Gasteiger partial charge in [0.25, 0.3) is 0 Å². The van der Waals surface area contributed by atoms with Crippen molar-refractivity contribution in [2.24, 2.45) is 0 Å². The molecule has 0 saturated carbocycles. The van der Waals surface area contributed by atoms with Gasteiger partial charge in [-0.1, -0.05) is 15.9 Å². The van der Waals surface area contributed by atoms with Crippen molar-refractivity contribution in [2.75, 3.05) is 13.7 Å². The number of halogens is 1. The summed E-state index contributed by atoms with van der Waals surface area (Å²) in [5.74, 6) is 0.954. The van der Waals surface area contributed by atoms with Gasteiger partial charge in [0.1, 0.15) is 5.75 Å². The molecule has 0 spiro atoms. The molecule has 2 nitrogen and oxygen atoms in total. The minimum Gasteiger partial charge on any atom is -0.496 e. The number of benzene rings is 1. The highest BCUT2D eigenvalue weighted by Crippen LogP contribution is 2.37. The zero-order chi connectivity index (χ0) is 9.47. The second-order valence-corrected chi connectivity index (χ2v) is 4.45. The van der Waals surface area contributed by atoms with E-state index in [1.165, 1.54) is 5.56 Å². The topological polar surface area (TPSA) is 31.2 Å². The molecule has 0 aromatic heterocycles. The van der Waals surface area contributed by atoms with Crippen molar-refractivity contribution in [1.29, 1.82) is 0 Å². The van der Waals surface area contributed by atoms with Gasteiger partial charge in [-0.25, -0.2) is 0 Å². The van der Waals surface area contributed by atoms with E-state index in [2.05, 4.69) is 34.2 Å². The number of rotatable bonds is 2. The molecule has 0 bridgehead atoms. The molecule has 1 aliphatic heterocycles. The van der Waals surface area contributed by atoms with Crippen LogP contribution >= 0.6 is 15.9 Å². The summed E-state index contributed by atoms with van der Waals surface area (Å²) in [4.78, 5) is 0. The van der Waals surface area contributed by atoms with Gasteiger partial charge >= 0.3 is 0 Å². The van der Waals surface area contributed by atoms with Crippen LogP contribution in [-0.2, 0) is 5.54 Å². The first-order valence-corrected chi connectivity index (χ1v) is 5.04. The summed E-state index contributed by atoms with van der Waals surface area (Å²) >= 11 is 3.46. The molecule has 1 unspecified atom stereocenters. The quantitative estimate of drug-likeness (QED) is 0.806. The van der Waals surface area contributed by atoms with Gasteiger partial charge in [-0.15, -0.1) is 0 Å². The molecule has 13 heavy (non-hydrogen) atoms. The van der Waals surface area contributed by atoms with Gasteiger partial charge in [0, 0.05) is 16.6 Å². The van der Waals surface area contributed by atoms with Gasteiger partial charge in [-0.05, 0) is 25.1 Å². The lowest BCUT2D eigenvalue weighted by atomic mass is 10.0. The molecule has 1 N–H and O–H groups in total. The Morgan fingerprint density at radius 3 is 2.77 bits per heavy atom. The van der Waals surface area contributed by atoms with Crippen LogP contribution in [0.5, 0.6) is 5.75 Å². The molecule has 0 aliphatic carbocycles. The SMILES string of the molecule is COc1ccc(Br)cc1C1(C)CN1. The molecule has 70 valence electrons. The summed E-state index contributed by atoms with van der Waals surface area (Å²) in [7, 11) is 1.71. The Morgan fingerprint density at radius 2 is 2.23 bits per heavy atom. The van der Waals surface area contributed by atoms with E-state index in [9.17, 15) is 0 Å². The Kier molecular flexibility index (Phi) is 2.08. The van der Waals surface area contributed by atoms with Crippen LogP contribution < -0.4 is 10.1 Å². The summed E-state index contributed by atoms with van der Waals surface area (Å²) in [6.45, 7) is 3.21. The van der Waals surface area contributed by atoms with Crippen molar-refractivity contribution in [1.82, 2.24) is 5.32 Å². The highest BCUT2D eigenvalue weighted by atomic mass is 79.9. The van der Waals surface area contributed by atoms with Crippen LogP contribution in [0.4, 0.5) is 0 Å². The Balaban J connectivity index is 2.47. The van der Waals surface area contributed by atoms with Crippen molar-refractivity contribution >= 4 is 15.9 Å². The van der Waals surface area contributed by atoms with Crippen LogP contribution in [0.15, 0.2) is 22.7 Å². The molecule has 0 radical (unpaired) electrons. The van der Waals surface area contributed by atoms with Crippen LogP contribution in [0.1, 0.15) is 12.5 Å². The second kappa shape index (κ2) is 3.00. The Bertz CT molecular complexity index is 334. The highest BCUT2D eigenvalue weighted by Gasteiger charge is 2.40. The number of ether oxygens (including phenoxy) is 1. The summed E-state index contributed by atoms with van der Waals surface area (Å²) in [5.41, 5.74) is 1.35. The minimum atomic E-state index is 0.120. The van der Waals surface area contributed by atoms with Gasteiger partial charge < -0.3 is 10.1 Å². The van der Waals surface area contributed by atoms with Crippen LogP contribution in [0.3, 0.4) is 0 Å². The van der Waals surface area contributed by atoms with Gasteiger partial charge in [0.05, 0.1) is 12.6 Å². The lowest BCUT2D eigenvalue weighted by Crippen LogP contribution is -2.08.